The van der Waals surface area contributed by atoms with Gasteiger partial charge in [0.25, 0.3) is 0 Å². The average molecular weight is 254 g/mol. The summed E-state index contributed by atoms with van der Waals surface area (Å²) < 4.78 is 0. The molecule has 2 rings (SSSR count). The molecule has 102 valence electrons. The molecule has 1 atom stereocenters. The third-order valence-corrected chi connectivity index (χ3v) is 4.05. The summed E-state index contributed by atoms with van der Waals surface area (Å²) in [6, 6.07) is 0.0283. The molecule has 5 heteroatoms. The number of piperidine rings is 1. The molecule has 18 heavy (non-hydrogen) atoms. The van der Waals surface area contributed by atoms with Crippen LogP contribution >= 0.6 is 0 Å². The third kappa shape index (κ3) is 3.45. The summed E-state index contributed by atoms with van der Waals surface area (Å²) >= 11 is 0. The Balaban J connectivity index is 1.72. The number of hydrogen-bond acceptors (Lipinski definition) is 3. The van der Waals surface area contributed by atoms with Gasteiger partial charge in [-0.05, 0) is 44.6 Å². The predicted octanol–water partition coefficient (Wildman–Crippen LogP) is 0.842. The van der Waals surface area contributed by atoms with E-state index in [9.17, 15) is 9.59 Å². The number of hydrogen-bond donors (Lipinski definition) is 2. The van der Waals surface area contributed by atoms with E-state index in [0.29, 0.717) is 5.92 Å². The summed E-state index contributed by atoms with van der Waals surface area (Å²) in [6.07, 6.45) is 4.95. The molecule has 0 unspecified atom stereocenters. The minimum atomic E-state index is -0.719. The Morgan fingerprint density at radius 3 is 2.50 bits per heavy atom. The number of rotatable bonds is 4. The monoisotopic (exact) mass is 254 g/mol. The van der Waals surface area contributed by atoms with E-state index in [4.69, 9.17) is 5.11 Å². The Hall–Kier alpha value is -1.10. The van der Waals surface area contributed by atoms with Gasteiger partial charge in [-0.3, -0.25) is 9.59 Å². The van der Waals surface area contributed by atoms with Gasteiger partial charge in [-0.2, -0.15) is 0 Å². The van der Waals surface area contributed by atoms with Crippen LogP contribution in [0.3, 0.4) is 0 Å². The minimum absolute atomic E-state index is 0.0283. The first kappa shape index (κ1) is 13.3. The summed E-state index contributed by atoms with van der Waals surface area (Å²) in [5, 5.41) is 11.9. The molecule has 0 aromatic carbocycles. The van der Waals surface area contributed by atoms with Gasteiger partial charge in [-0.15, -0.1) is 0 Å². The summed E-state index contributed by atoms with van der Waals surface area (Å²) in [6.45, 7) is 2.54. The van der Waals surface area contributed by atoms with Crippen LogP contribution in [0.5, 0.6) is 0 Å². The van der Waals surface area contributed by atoms with Crippen LogP contribution in [0.1, 0.15) is 38.5 Å². The van der Waals surface area contributed by atoms with E-state index < -0.39 is 5.97 Å². The maximum absolute atomic E-state index is 12.1. The second-order valence-corrected chi connectivity index (χ2v) is 5.35. The molecule has 0 aromatic heterocycles. The summed E-state index contributed by atoms with van der Waals surface area (Å²) in [7, 11) is 0. The van der Waals surface area contributed by atoms with Crippen LogP contribution in [0.4, 0.5) is 0 Å². The number of nitrogens with one attached hydrogen (secondary N) is 1. The van der Waals surface area contributed by atoms with Gasteiger partial charge in [0.2, 0.25) is 5.91 Å². The molecule has 2 N–H and O–H groups in total. The molecule has 2 saturated heterocycles. The van der Waals surface area contributed by atoms with E-state index in [2.05, 4.69) is 5.32 Å². The number of carboxylic acid groups (broad SMARTS) is 1. The van der Waals surface area contributed by atoms with Crippen molar-refractivity contribution in [1.29, 1.82) is 0 Å². The fraction of sp³-hybridized carbons (Fsp3) is 0.846. The van der Waals surface area contributed by atoms with Crippen LogP contribution in [0.15, 0.2) is 0 Å². The highest BCUT2D eigenvalue weighted by atomic mass is 16.4. The van der Waals surface area contributed by atoms with E-state index in [1.165, 1.54) is 0 Å². The van der Waals surface area contributed by atoms with E-state index >= 15 is 0 Å². The lowest BCUT2D eigenvalue weighted by molar-refractivity contribution is -0.138. The molecule has 0 bridgehead atoms. The van der Waals surface area contributed by atoms with Crippen molar-refractivity contribution in [3.63, 3.8) is 0 Å². The fourth-order valence-electron chi connectivity index (χ4n) is 2.89. The lowest BCUT2D eigenvalue weighted by atomic mass is 9.92. The van der Waals surface area contributed by atoms with Gasteiger partial charge in [-0.1, -0.05) is 0 Å². The van der Waals surface area contributed by atoms with Gasteiger partial charge in [0.05, 0.1) is 6.04 Å². The van der Waals surface area contributed by atoms with Crippen LogP contribution < -0.4 is 5.32 Å². The van der Waals surface area contributed by atoms with Crippen molar-refractivity contribution in [2.45, 2.75) is 44.6 Å². The Morgan fingerprint density at radius 2 is 1.94 bits per heavy atom. The van der Waals surface area contributed by atoms with Crippen molar-refractivity contribution in [2.75, 3.05) is 19.6 Å². The Labute approximate surface area is 108 Å². The number of likely N-dealkylation sites (tertiary alicyclic amines) is 1. The zero-order valence-corrected chi connectivity index (χ0v) is 10.7. The van der Waals surface area contributed by atoms with Crippen molar-refractivity contribution in [3.05, 3.63) is 0 Å². The first-order chi connectivity index (χ1) is 8.66. The van der Waals surface area contributed by atoms with E-state index in [0.717, 1.165) is 51.7 Å². The first-order valence-electron chi connectivity index (χ1n) is 6.91. The Morgan fingerprint density at radius 1 is 1.22 bits per heavy atom. The highest BCUT2D eigenvalue weighted by molar-refractivity contribution is 5.82. The standard InChI is InChI=1S/C13H22N2O3/c16-12(17)4-3-10-5-8-15(9-6-10)13(18)11-2-1-7-14-11/h10-11,14H,1-9H2,(H,16,17)/t11-/m0/s1. The zero-order valence-electron chi connectivity index (χ0n) is 10.7. The molecule has 0 aromatic rings. The van der Waals surface area contributed by atoms with E-state index in [1.807, 2.05) is 4.90 Å². The maximum atomic E-state index is 12.1. The fourth-order valence-corrected chi connectivity index (χ4v) is 2.89. The van der Waals surface area contributed by atoms with Crippen molar-refractivity contribution in [2.24, 2.45) is 5.92 Å². The van der Waals surface area contributed by atoms with Gasteiger partial charge < -0.3 is 15.3 Å². The number of nitrogens with zero attached hydrogens (tertiary/aromatic N) is 1. The van der Waals surface area contributed by atoms with Gasteiger partial charge in [0.15, 0.2) is 0 Å². The van der Waals surface area contributed by atoms with Crippen LogP contribution in [-0.2, 0) is 9.59 Å². The van der Waals surface area contributed by atoms with Crippen LogP contribution in [0.25, 0.3) is 0 Å². The highest BCUT2D eigenvalue weighted by Gasteiger charge is 2.29. The molecule has 0 radical (unpaired) electrons. The zero-order chi connectivity index (χ0) is 13.0. The van der Waals surface area contributed by atoms with Crippen molar-refractivity contribution < 1.29 is 14.7 Å². The number of carboxylic acids is 1. The lowest BCUT2D eigenvalue weighted by Gasteiger charge is -2.33. The maximum Gasteiger partial charge on any atom is 0.303 e. The molecule has 5 nitrogen and oxygen atoms in total. The molecule has 2 aliphatic heterocycles. The SMILES string of the molecule is O=C(O)CCC1CCN(C(=O)[C@@H]2CCCN2)CC1. The van der Waals surface area contributed by atoms with Gasteiger partial charge in [0.1, 0.15) is 0 Å². The molecular formula is C13H22N2O3. The quantitative estimate of drug-likeness (QED) is 0.780. The van der Waals surface area contributed by atoms with Crippen molar-refractivity contribution in [1.82, 2.24) is 10.2 Å². The molecular weight excluding hydrogens is 232 g/mol. The third-order valence-electron chi connectivity index (χ3n) is 4.05. The molecule has 2 heterocycles. The predicted molar refractivity (Wildman–Crippen MR) is 67.2 cm³/mol. The molecule has 0 saturated carbocycles. The second kappa shape index (κ2) is 6.18. The summed E-state index contributed by atoms with van der Waals surface area (Å²) in [4.78, 5) is 24.6. The molecule has 1 amide bonds. The van der Waals surface area contributed by atoms with Crippen LogP contribution in [0.2, 0.25) is 0 Å². The smallest absolute Gasteiger partial charge is 0.303 e. The minimum Gasteiger partial charge on any atom is -0.481 e. The molecule has 0 aliphatic carbocycles. The van der Waals surface area contributed by atoms with Crippen molar-refractivity contribution in [3.8, 4) is 0 Å². The second-order valence-electron chi connectivity index (χ2n) is 5.35. The normalized spacial score (nSPS) is 25.3. The first-order valence-corrected chi connectivity index (χ1v) is 6.91. The Bertz CT molecular complexity index is 305. The van der Waals surface area contributed by atoms with E-state index in [-0.39, 0.29) is 18.4 Å². The van der Waals surface area contributed by atoms with E-state index in [1.54, 1.807) is 0 Å². The van der Waals surface area contributed by atoms with Gasteiger partial charge in [-0.25, -0.2) is 0 Å². The topological polar surface area (TPSA) is 69.6 Å². The van der Waals surface area contributed by atoms with Crippen LogP contribution in [-0.4, -0.2) is 47.6 Å². The molecule has 2 fully saturated rings. The molecule has 2 aliphatic rings. The molecule has 0 spiro atoms. The largest absolute Gasteiger partial charge is 0.481 e. The van der Waals surface area contributed by atoms with Crippen LogP contribution in [0, 0.1) is 5.92 Å². The number of carbonyl (C=O) groups is 2. The van der Waals surface area contributed by atoms with Crippen molar-refractivity contribution >= 4 is 11.9 Å². The highest BCUT2D eigenvalue weighted by Crippen LogP contribution is 2.23. The summed E-state index contributed by atoms with van der Waals surface area (Å²) in [5.74, 6) is -0.00506. The average Bonchev–Trinajstić information content (AvgIpc) is 2.90. The Kier molecular flexibility index (Phi) is 4.58. The van der Waals surface area contributed by atoms with Gasteiger partial charge in [0, 0.05) is 19.5 Å². The number of carbonyl (C=O) groups excluding carboxylic acids is 1. The number of aliphatic carboxylic acids is 1. The number of amides is 1. The summed E-state index contributed by atoms with van der Waals surface area (Å²) in [5.41, 5.74) is 0. The van der Waals surface area contributed by atoms with Gasteiger partial charge >= 0.3 is 5.97 Å². The lowest BCUT2D eigenvalue weighted by Crippen LogP contribution is -2.47.